The lowest BCUT2D eigenvalue weighted by atomic mass is 9.96. The molecular weight excluding hydrogens is 317 g/mol. The van der Waals surface area contributed by atoms with Gasteiger partial charge in [0.05, 0.1) is 15.9 Å². The van der Waals surface area contributed by atoms with Crippen LogP contribution < -0.4 is 4.90 Å². The van der Waals surface area contributed by atoms with Crippen LogP contribution in [0.25, 0.3) is 0 Å². The summed E-state index contributed by atoms with van der Waals surface area (Å²) >= 11 is 5.93. The minimum absolute atomic E-state index is 0.0161. The molecule has 0 radical (unpaired) electrons. The summed E-state index contributed by atoms with van der Waals surface area (Å²) in [5.41, 5.74) is -0.0816. The van der Waals surface area contributed by atoms with Gasteiger partial charge in [0.1, 0.15) is 17.3 Å². The Morgan fingerprint density at radius 3 is 2.64 bits per heavy atom. The van der Waals surface area contributed by atoms with Crippen LogP contribution in [0.3, 0.4) is 0 Å². The maximum absolute atomic E-state index is 11.9. The second-order valence-corrected chi connectivity index (χ2v) is 5.22. The van der Waals surface area contributed by atoms with Crippen LogP contribution in [0, 0.1) is 27.4 Å². The number of nitriles is 1. The van der Waals surface area contributed by atoms with E-state index >= 15 is 0 Å². The third-order valence-corrected chi connectivity index (χ3v) is 3.95. The molecule has 1 heterocycles. The molecule has 1 aromatic carbocycles. The molecule has 1 saturated heterocycles. The van der Waals surface area contributed by atoms with Gasteiger partial charge in [-0.2, -0.15) is 5.26 Å². The number of nitro benzene ring substituents is 1. The number of hydrogen-bond donors (Lipinski definition) is 0. The highest BCUT2D eigenvalue weighted by molar-refractivity contribution is 6.32. The van der Waals surface area contributed by atoms with E-state index in [1.54, 1.807) is 4.90 Å². The van der Waals surface area contributed by atoms with Crippen LogP contribution >= 0.6 is 11.6 Å². The van der Waals surface area contributed by atoms with E-state index in [9.17, 15) is 24.7 Å². The van der Waals surface area contributed by atoms with Crippen molar-refractivity contribution in [1.29, 1.82) is 5.26 Å². The molecule has 0 spiro atoms. The van der Waals surface area contributed by atoms with Crippen LogP contribution in [-0.4, -0.2) is 24.0 Å². The average molecular weight is 328 g/mol. The number of hydrogen-bond acceptors (Lipinski definition) is 6. The summed E-state index contributed by atoms with van der Waals surface area (Å²) in [6.07, 6.45) is 0.550. The topological polar surface area (TPSA) is 96.5 Å². The minimum atomic E-state index is -0.944. The monoisotopic (exact) mass is 327 g/mol. The Hall–Kier alpha value is -2.40. The summed E-state index contributed by atoms with van der Waals surface area (Å²) in [5, 5.41) is 20.5. The van der Waals surface area contributed by atoms with Gasteiger partial charge in [-0.1, -0.05) is 11.6 Å². The molecule has 1 aliphatic rings. The van der Waals surface area contributed by atoms with Gasteiger partial charge in [0.15, 0.2) is 0 Å². The SMILES string of the molecule is N#Cc1c(Cl)ccc([N+](=O)[O-])c1N1CCC(C(=O)OF)CC1. The molecule has 0 N–H and O–H groups in total. The number of nitrogens with zero attached hydrogens (tertiary/aromatic N) is 3. The van der Waals surface area contributed by atoms with Crippen molar-refractivity contribution in [3.05, 3.63) is 32.8 Å². The van der Waals surface area contributed by atoms with Gasteiger partial charge in [0.2, 0.25) is 0 Å². The number of benzene rings is 1. The molecule has 1 fully saturated rings. The number of nitro groups is 1. The van der Waals surface area contributed by atoms with Crippen molar-refractivity contribution < 1.29 is 19.2 Å². The first kappa shape index (κ1) is 16.0. The minimum Gasteiger partial charge on any atom is -0.365 e. The largest absolute Gasteiger partial charge is 0.365 e. The fraction of sp³-hybridized carbons (Fsp3) is 0.385. The van der Waals surface area contributed by atoms with Gasteiger partial charge < -0.3 is 4.90 Å². The first-order valence-electron chi connectivity index (χ1n) is 6.44. The first-order valence-corrected chi connectivity index (χ1v) is 6.81. The van der Waals surface area contributed by atoms with Gasteiger partial charge >= 0.3 is 5.97 Å². The second-order valence-electron chi connectivity index (χ2n) is 4.82. The van der Waals surface area contributed by atoms with Crippen molar-refractivity contribution in [1.82, 2.24) is 0 Å². The van der Waals surface area contributed by atoms with Crippen LogP contribution in [0.1, 0.15) is 18.4 Å². The number of carbonyl (C=O) groups is 1. The molecule has 0 aliphatic carbocycles. The number of carbonyl (C=O) groups excluding carboxylic acids is 1. The molecule has 116 valence electrons. The van der Waals surface area contributed by atoms with Gasteiger partial charge in [-0.05, 0) is 18.9 Å². The molecule has 0 unspecified atom stereocenters. The Bertz CT molecular complexity index is 653. The maximum Gasteiger partial charge on any atom is 0.351 e. The standard InChI is InChI=1S/C13H11ClFN3O4/c14-10-1-2-11(18(20)21)12(9(10)7-16)17-5-3-8(4-6-17)13(19)22-15/h1-2,8H,3-6H2. The lowest BCUT2D eigenvalue weighted by Gasteiger charge is -2.32. The van der Waals surface area contributed by atoms with E-state index in [1.807, 2.05) is 6.07 Å². The van der Waals surface area contributed by atoms with Crippen LogP contribution in [-0.2, 0) is 9.74 Å². The Morgan fingerprint density at radius 1 is 1.50 bits per heavy atom. The van der Waals surface area contributed by atoms with E-state index < -0.39 is 16.8 Å². The van der Waals surface area contributed by atoms with Crippen molar-refractivity contribution in [2.45, 2.75) is 12.8 Å². The Labute approximate surface area is 129 Å². The van der Waals surface area contributed by atoms with Gasteiger partial charge in [0.25, 0.3) is 5.69 Å². The fourth-order valence-electron chi connectivity index (χ4n) is 2.53. The molecule has 0 atom stereocenters. The molecule has 2 rings (SSSR count). The zero-order chi connectivity index (χ0) is 16.3. The fourth-order valence-corrected chi connectivity index (χ4v) is 2.73. The maximum atomic E-state index is 11.9. The third kappa shape index (κ3) is 2.94. The highest BCUT2D eigenvalue weighted by Crippen LogP contribution is 2.38. The number of anilines is 1. The Kier molecular flexibility index (Phi) is 4.78. The van der Waals surface area contributed by atoms with Gasteiger partial charge in [-0.3, -0.25) is 15.1 Å². The number of halogens is 2. The third-order valence-electron chi connectivity index (χ3n) is 3.63. The summed E-state index contributed by atoms with van der Waals surface area (Å²) < 4.78 is 11.9. The first-order chi connectivity index (χ1) is 10.5. The summed E-state index contributed by atoms with van der Waals surface area (Å²) in [6, 6.07) is 4.41. The predicted octanol–water partition coefficient (Wildman–Crippen LogP) is 2.76. The van der Waals surface area contributed by atoms with Gasteiger partial charge in [-0.15, -0.1) is 0 Å². The smallest absolute Gasteiger partial charge is 0.351 e. The molecule has 1 aromatic rings. The number of rotatable bonds is 3. The molecule has 22 heavy (non-hydrogen) atoms. The molecular formula is C13H11ClFN3O4. The normalized spacial score (nSPS) is 15.2. The Morgan fingerprint density at radius 2 is 2.14 bits per heavy atom. The highest BCUT2D eigenvalue weighted by atomic mass is 35.5. The predicted molar refractivity (Wildman–Crippen MR) is 75.0 cm³/mol. The summed E-state index contributed by atoms with van der Waals surface area (Å²) in [6.45, 7) is 0.519. The molecule has 0 amide bonds. The van der Waals surface area contributed by atoms with Crippen LogP contribution in [0.5, 0.6) is 0 Å². The van der Waals surface area contributed by atoms with E-state index in [-0.39, 0.29) is 47.9 Å². The van der Waals surface area contributed by atoms with E-state index in [1.165, 1.54) is 12.1 Å². The lowest BCUT2D eigenvalue weighted by Crippen LogP contribution is -2.37. The van der Waals surface area contributed by atoms with Gasteiger partial charge in [-0.25, -0.2) is 4.79 Å². The molecule has 0 aromatic heterocycles. The summed E-state index contributed by atoms with van der Waals surface area (Å²) in [5.74, 6) is -1.54. The van der Waals surface area contributed by atoms with E-state index in [0.29, 0.717) is 0 Å². The molecule has 1 aliphatic heterocycles. The van der Waals surface area contributed by atoms with E-state index in [2.05, 4.69) is 4.94 Å². The summed E-state index contributed by atoms with van der Waals surface area (Å²) in [7, 11) is 0. The van der Waals surface area contributed by atoms with Crippen molar-refractivity contribution in [3.63, 3.8) is 0 Å². The van der Waals surface area contributed by atoms with Crippen LogP contribution in [0.15, 0.2) is 12.1 Å². The lowest BCUT2D eigenvalue weighted by molar-refractivity contribution is -0.384. The van der Waals surface area contributed by atoms with Crippen molar-refractivity contribution in [3.8, 4) is 6.07 Å². The quantitative estimate of drug-likeness (QED) is 0.625. The molecule has 0 saturated carbocycles. The van der Waals surface area contributed by atoms with Crippen molar-refractivity contribution >= 4 is 28.9 Å². The zero-order valence-corrected chi connectivity index (χ0v) is 12.0. The number of piperidine rings is 1. The van der Waals surface area contributed by atoms with Crippen molar-refractivity contribution in [2.75, 3.05) is 18.0 Å². The molecule has 9 heteroatoms. The zero-order valence-electron chi connectivity index (χ0n) is 11.3. The average Bonchev–Trinajstić information content (AvgIpc) is 2.53. The van der Waals surface area contributed by atoms with Crippen LogP contribution in [0.4, 0.5) is 15.9 Å². The molecule has 7 nitrogen and oxygen atoms in total. The second kappa shape index (κ2) is 6.58. The summed E-state index contributed by atoms with van der Waals surface area (Å²) in [4.78, 5) is 26.6. The van der Waals surface area contributed by atoms with E-state index in [4.69, 9.17) is 11.6 Å². The van der Waals surface area contributed by atoms with Crippen molar-refractivity contribution in [2.24, 2.45) is 5.92 Å². The van der Waals surface area contributed by atoms with Gasteiger partial charge in [0, 0.05) is 23.7 Å². The Balaban J connectivity index is 2.34. The van der Waals surface area contributed by atoms with Crippen LogP contribution in [0.2, 0.25) is 5.02 Å². The van der Waals surface area contributed by atoms with E-state index in [0.717, 1.165) is 0 Å². The highest BCUT2D eigenvalue weighted by Gasteiger charge is 2.32. The molecule has 0 bridgehead atoms.